The van der Waals surface area contributed by atoms with Crippen LogP contribution in [0, 0.1) is 6.92 Å². The Hall–Kier alpha value is -2.67. The van der Waals surface area contributed by atoms with Crippen molar-refractivity contribution in [2.24, 2.45) is 5.16 Å². The summed E-state index contributed by atoms with van der Waals surface area (Å²) < 4.78 is 5.83. The first-order valence-electron chi connectivity index (χ1n) is 9.31. The number of aromatic nitrogens is 2. The number of aryl methyl sites for hydroxylation is 1. The maximum Gasteiger partial charge on any atom is 0.151 e. The normalized spacial score (nSPS) is 15.3. The Morgan fingerprint density at radius 2 is 1.81 bits per heavy atom. The van der Waals surface area contributed by atoms with Crippen molar-refractivity contribution >= 4 is 12.0 Å². The molecule has 3 rings (SSSR count). The Morgan fingerprint density at radius 3 is 2.48 bits per heavy atom. The molecule has 2 aromatic rings. The van der Waals surface area contributed by atoms with E-state index >= 15 is 0 Å². The lowest BCUT2D eigenvalue weighted by atomic mass is 10.2. The quantitative estimate of drug-likeness (QED) is 0.404. The topological polar surface area (TPSA) is 63.1 Å². The smallest absolute Gasteiger partial charge is 0.151 e. The van der Waals surface area contributed by atoms with E-state index in [0.717, 1.165) is 68.6 Å². The average Bonchev–Trinajstić information content (AvgIpc) is 2.72. The van der Waals surface area contributed by atoms with Crippen LogP contribution >= 0.6 is 0 Å². The highest BCUT2D eigenvalue weighted by atomic mass is 16.6. The zero-order valence-corrected chi connectivity index (χ0v) is 16.0. The van der Waals surface area contributed by atoms with Crippen LogP contribution < -0.4 is 9.64 Å². The van der Waals surface area contributed by atoms with Gasteiger partial charge in [-0.15, -0.1) is 5.10 Å². The minimum absolute atomic E-state index is 0.717. The minimum Gasteiger partial charge on any atom is -0.494 e. The molecular weight excluding hydrogens is 342 g/mol. The van der Waals surface area contributed by atoms with Gasteiger partial charge in [0.05, 0.1) is 18.5 Å². The molecule has 0 radical (unpaired) electrons. The van der Waals surface area contributed by atoms with Gasteiger partial charge in [0.15, 0.2) is 5.82 Å². The molecule has 0 spiro atoms. The zero-order chi connectivity index (χ0) is 18.9. The van der Waals surface area contributed by atoms with Crippen LogP contribution in [0.2, 0.25) is 0 Å². The van der Waals surface area contributed by atoms with Gasteiger partial charge in [-0.3, -0.25) is 4.90 Å². The molecule has 144 valence electrons. The number of nitrogens with zero attached hydrogens (tertiary/aromatic N) is 5. The fourth-order valence-electron chi connectivity index (χ4n) is 3.00. The molecule has 1 saturated heterocycles. The van der Waals surface area contributed by atoms with Crippen molar-refractivity contribution in [2.75, 3.05) is 51.3 Å². The van der Waals surface area contributed by atoms with Crippen LogP contribution in [-0.2, 0) is 4.84 Å². The van der Waals surface area contributed by atoms with E-state index in [1.165, 1.54) is 7.11 Å². The van der Waals surface area contributed by atoms with Gasteiger partial charge >= 0.3 is 0 Å². The summed E-state index contributed by atoms with van der Waals surface area (Å²) in [4.78, 5) is 9.45. The summed E-state index contributed by atoms with van der Waals surface area (Å²) in [5, 5.41) is 12.2. The number of hydrogen-bond donors (Lipinski definition) is 0. The Balaban J connectivity index is 1.33. The van der Waals surface area contributed by atoms with Gasteiger partial charge in [-0.05, 0) is 55.3 Å². The van der Waals surface area contributed by atoms with Gasteiger partial charge in [0.1, 0.15) is 12.9 Å². The van der Waals surface area contributed by atoms with Crippen LogP contribution in [0.25, 0.3) is 0 Å². The summed E-state index contributed by atoms with van der Waals surface area (Å²) in [6, 6.07) is 11.9. The van der Waals surface area contributed by atoms with E-state index in [4.69, 9.17) is 4.74 Å². The number of hydrogen-bond acceptors (Lipinski definition) is 7. The molecule has 0 atom stereocenters. The lowest BCUT2D eigenvalue weighted by molar-refractivity contribution is 0.215. The largest absolute Gasteiger partial charge is 0.494 e. The molecule has 1 aromatic heterocycles. The second-order valence-electron chi connectivity index (χ2n) is 6.55. The summed E-state index contributed by atoms with van der Waals surface area (Å²) in [5.74, 6) is 1.86. The van der Waals surface area contributed by atoms with Gasteiger partial charge in [0.2, 0.25) is 0 Å². The molecule has 0 unspecified atom stereocenters. The number of benzene rings is 1. The molecule has 27 heavy (non-hydrogen) atoms. The summed E-state index contributed by atoms with van der Waals surface area (Å²) in [6.07, 6.45) is 2.68. The summed E-state index contributed by atoms with van der Waals surface area (Å²) >= 11 is 0. The molecule has 0 bridgehead atoms. The van der Waals surface area contributed by atoms with E-state index in [2.05, 4.69) is 36.1 Å². The summed E-state index contributed by atoms with van der Waals surface area (Å²) in [7, 11) is 1.53. The van der Waals surface area contributed by atoms with Crippen LogP contribution in [0.4, 0.5) is 5.82 Å². The van der Waals surface area contributed by atoms with Crippen molar-refractivity contribution in [1.82, 2.24) is 15.1 Å². The Bertz CT molecular complexity index is 710. The molecule has 0 N–H and O–H groups in total. The third-order valence-electron chi connectivity index (χ3n) is 4.55. The van der Waals surface area contributed by atoms with Crippen molar-refractivity contribution in [2.45, 2.75) is 13.3 Å². The number of oxime groups is 1. The highest BCUT2D eigenvalue weighted by Crippen LogP contribution is 2.14. The molecule has 0 saturated carbocycles. The number of ether oxygens (including phenoxy) is 1. The third-order valence-corrected chi connectivity index (χ3v) is 4.55. The third kappa shape index (κ3) is 5.92. The lowest BCUT2D eigenvalue weighted by Crippen LogP contribution is -2.47. The van der Waals surface area contributed by atoms with E-state index in [1.54, 1.807) is 6.21 Å². The first-order valence-corrected chi connectivity index (χ1v) is 9.31. The van der Waals surface area contributed by atoms with Crippen molar-refractivity contribution in [1.29, 1.82) is 0 Å². The molecule has 1 aliphatic rings. The Kier molecular flexibility index (Phi) is 6.98. The Morgan fingerprint density at radius 1 is 1.04 bits per heavy atom. The molecular formula is C20H27N5O2. The second-order valence-corrected chi connectivity index (χ2v) is 6.55. The SMILES string of the molecule is CO/N=C/c1ccc(OCCCN2CCN(c3ccc(C)nn3)CC2)cc1. The second kappa shape index (κ2) is 9.87. The first-order chi connectivity index (χ1) is 13.2. The van der Waals surface area contributed by atoms with Crippen molar-refractivity contribution < 1.29 is 9.57 Å². The molecule has 0 aliphatic carbocycles. The standard InChI is InChI=1S/C20H27N5O2/c1-17-4-9-20(23-22-17)25-13-11-24(12-14-25)10-3-15-27-19-7-5-18(6-8-19)16-21-26-2/h4-9,16H,3,10-15H2,1-2H3/b21-16+. The number of rotatable bonds is 8. The van der Waals surface area contributed by atoms with E-state index < -0.39 is 0 Å². The molecule has 7 heteroatoms. The van der Waals surface area contributed by atoms with Crippen LogP contribution in [0.1, 0.15) is 17.7 Å². The minimum atomic E-state index is 0.717. The van der Waals surface area contributed by atoms with Crippen molar-refractivity contribution in [3.05, 3.63) is 47.7 Å². The Labute approximate surface area is 160 Å². The summed E-state index contributed by atoms with van der Waals surface area (Å²) in [5.41, 5.74) is 1.94. The van der Waals surface area contributed by atoms with Gasteiger partial charge in [-0.25, -0.2) is 0 Å². The number of anilines is 1. The molecule has 2 heterocycles. The lowest BCUT2D eigenvalue weighted by Gasteiger charge is -2.35. The van der Waals surface area contributed by atoms with Crippen LogP contribution in [0.5, 0.6) is 5.75 Å². The van der Waals surface area contributed by atoms with Gasteiger partial charge < -0.3 is 14.5 Å². The van der Waals surface area contributed by atoms with E-state index in [0.29, 0.717) is 0 Å². The van der Waals surface area contributed by atoms with Gasteiger partial charge in [0, 0.05) is 32.7 Å². The summed E-state index contributed by atoms with van der Waals surface area (Å²) in [6.45, 7) is 7.79. The van der Waals surface area contributed by atoms with Gasteiger partial charge in [-0.1, -0.05) is 5.16 Å². The van der Waals surface area contributed by atoms with Crippen molar-refractivity contribution in [3.63, 3.8) is 0 Å². The maximum absolute atomic E-state index is 5.83. The average molecular weight is 369 g/mol. The predicted octanol–water partition coefficient (Wildman–Crippen LogP) is 2.36. The van der Waals surface area contributed by atoms with E-state index in [1.807, 2.05) is 37.3 Å². The maximum atomic E-state index is 5.83. The highest BCUT2D eigenvalue weighted by molar-refractivity contribution is 5.79. The predicted molar refractivity (Wildman–Crippen MR) is 107 cm³/mol. The zero-order valence-electron chi connectivity index (χ0n) is 16.0. The van der Waals surface area contributed by atoms with Crippen LogP contribution in [0.15, 0.2) is 41.6 Å². The first kappa shape index (κ1) is 19.1. The fraction of sp³-hybridized carbons (Fsp3) is 0.450. The van der Waals surface area contributed by atoms with E-state index in [9.17, 15) is 0 Å². The van der Waals surface area contributed by atoms with Crippen LogP contribution in [0.3, 0.4) is 0 Å². The molecule has 1 aliphatic heterocycles. The molecule has 7 nitrogen and oxygen atoms in total. The molecule has 1 aromatic carbocycles. The highest BCUT2D eigenvalue weighted by Gasteiger charge is 2.17. The van der Waals surface area contributed by atoms with E-state index in [-0.39, 0.29) is 0 Å². The van der Waals surface area contributed by atoms with Crippen molar-refractivity contribution in [3.8, 4) is 5.75 Å². The van der Waals surface area contributed by atoms with Gasteiger partial charge in [0.25, 0.3) is 0 Å². The van der Waals surface area contributed by atoms with Gasteiger partial charge in [-0.2, -0.15) is 5.10 Å². The fourth-order valence-corrected chi connectivity index (χ4v) is 3.00. The molecule has 1 fully saturated rings. The van der Waals surface area contributed by atoms with Crippen LogP contribution in [-0.4, -0.2) is 67.8 Å². The monoisotopic (exact) mass is 369 g/mol. The molecule has 0 amide bonds. The number of piperazine rings is 1.